The topological polar surface area (TPSA) is 106 Å². The molecule has 1 N–H and O–H groups in total. The Kier molecular flexibility index (Phi) is 7.25. The summed E-state index contributed by atoms with van der Waals surface area (Å²) in [6.07, 6.45) is 7.78. The lowest BCUT2D eigenvalue weighted by Gasteiger charge is -2.29. The van der Waals surface area contributed by atoms with E-state index in [0.717, 1.165) is 74.7 Å². The summed E-state index contributed by atoms with van der Waals surface area (Å²) in [5, 5.41) is 6.96. The van der Waals surface area contributed by atoms with Crippen molar-refractivity contribution in [2.24, 2.45) is 0 Å². The van der Waals surface area contributed by atoms with Gasteiger partial charge in [-0.05, 0) is 73.1 Å². The molecule has 3 amide bonds. The molecular weight excluding hydrogens is 534 g/mol. The number of carbonyl (C=O) groups excluding carboxylic acids is 3. The first-order valence-corrected chi connectivity index (χ1v) is 14.9. The molecule has 218 valence electrons. The number of fused-ring (bicyclic) bond motifs is 1. The number of hydrogen-bond donors (Lipinski definition) is 1. The first-order valence-electron chi connectivity index (χ1n) is 14.9. The fourth-order valence-electron chi connectivity index (χ4n) is 6.62. The van der Waals surface area contributed by atoms with Crippen molar-refractivity contribution in [3.05, 3.63) is 77.1 Å². The van der Waals surface area contributed by atoms with Gasteiger partial charge in [-0.3, -0.25) is 24.6 Å². The minimum atomic E-state index is -0.615. The number of amides is 3. The molecule has 10 heteroatoms. The maximum atomic E-state index is 13.0. The second kappa shape index (κ2) is 11.3. The number of nitrogens with zero attached hydrogens (tertiary/aromatic N) is 4. The van der Waals surface area contributed by atoms with Crippen LogP contribution >= 0.6 is 0 Å². The third-order valence-corrected chi connectivity index (χ3v) is 8.92. The molecule has 1 aromatic heterocycles. The van der Waals surface area contributed by atoms with Gasteiger partial charge >= 0.3 is 0 Å². The summed E-state index contributed by atoms with van der Waals surface area (Å²) in [6.45, 7) is 4.58. The highest BCUT2D eigenvalue weighted by Crippen LogP contribution is 2.31. The summed E-state index contributed by atoms with van der Waals surface area (Å²) in [5.41, 5.74) is 5.04. The Labute approximate surface area is 244 Å². The van der Waals surface area contributed by atoms with Gasteiger partial charge in [-0.1, -0.05) is 12.1 Å². The van der Waals surface area contributed by atoms with Gasteiger partial charge in [0.15, 0.2) is 0 Å². The van der Waals surface area contributed by atoms with Crippen LogP contribution in [0.1, 0.15) is 65.1 Å². The van der Waals surface area contributed by atoms with Gasteiger partial charge in [0.2, 0.25) is 11.8 Å². The summed E-state index contributed by atoms with van der Waals surface area (Å²) in [5.74, 6) is 0.456. The number of rotatable bonds is 7. The fraction of sp³-hybridized carbons (Fsp3) is 0.438. The Hall–Kier alpha value is -4.02. The van der Waals surface area contributed by atoms with Crippen molar-refractivity contribution >= 4 is 17.7 Å². The number of likely N-dealkylation sites (tertiary alicyclic amines) is 1. The lowest BCUT2D eigenvalue weighted by Crippen LogP contribution is -2.52. The number of imide groups is 1. The number of hydrogen-bond acceptors (Lipinski definition) is 7. The molecule has 4 aliphatic rings. The number of benzene rings is 2. The highest BCUT2D eigenvalue weighted by atomic mass is 16.5. The number of aromatic nitrogens is 2. The summed E-state index contributed by atoms with van der Waals surface area (Å²) >= 11 is 0. The van der Waals surface area contributed by atoms with Crippen LogP contribution in [0.25, 0.3) is 5.69 Å². The van der Waals surface area contributed by atoms with E-state index in [4.69, 9.17) is 9.47 Å². The Bertz CT molecular complexity index is 1500. The highest BCUT2D eigenvalue weighted by Gasteiger charge is 2.39. The van der Waals surface area contributed by atoms with Crippen LogP contribution in [0.2, 0.25) is 0 Å². The maximum absolute atomic E-state index is 13.0. The van der Waals surface area contributed by atoms with Gasteiger partial charge in [0.05, 0.1) is 11.9 Å². The quantitative estimate of drug-likeness (QED) is 0.436. The predicted molar refractivity (Wildman–Crippen MR) is 153 cm³/mol. The molecule has 2 atom stereocenters. The summed E-state index contributed by atoms with van der Waals surface area (Å²) < 4.78 is 13.8. The summed E-state index contributed by atoms with van der Waals surface area (Å²) in [7, 11) is 0. The Morgan fingerprint density at radius 1 is 1.00 bits per heavy atom. The zero-order chi connectivity index (χ0) is 28.6. The van der Waals surface area contributed by atoms with Crippen molar-refractivity contribution in [3.63, 3.8) is 0 Å². The SMILES string of the molecule is O=C1CCC(N2Cc3cc(O[C@H]4CCN(Cc5cnn(-c6ccc(C7CCOCC7)cc6)c5)C4)ccc3C2=O)C(=O)N1. The average molecular weight is 570 g/mol. The van der Waals surface area contributed by atoms with Gasteiger partial charge in [0.25, 0.3) is 5.91 Å². The molecule has 0 spiro atoms. The van der Waals surface area contributed by atoms with E-state index in [2.05, 4.69) is 45.8 Å². The van der Waals surface area contributed by atoms with Crippen LogP contribution in [-0.2, 0) is 27.4 Å². The van der Waals surface area contributed by atoms with Crippen LogP contribution in [0.5, 0.6) is 5.75 Å². The molecule has 0 radical (unpaired) electrons. The molecule has 1 unspecified atom stereocenters. The monoisotopic (exact) mass is 569 g/mol. The number of nitrogens with one attached hydrogen (secondary N) is 1. The number of ether oxygens (including phenoxy) is 2. The standard InChI is InChI=1S/C32H35N5O5/c38-30-8-7-29(31(39)34-30)36-19-24-15-26(5-6-28(24)32(36)40)42-27-9-12-35(20-27)17-21-16-33-37(18-21)25-3-1-22(2-4-25)23-10-13-41-14-11-23/h1-6,15-16,18,23,27,29H,7-14,17,19-20H2,(H,34,38,39)/t27-,29?/m0/s1. The zero-order valence-corrected chi connectivity index (χ0v) is 23.5. The van der Waals surface area contributed by atoms with E-state index in [0.29, 0.717) is 24.4 Å². The molecule has 2 aromatic carbocycles. The Morgan fingerprint density at radius 2 is 1.83 bits per heavy atom. The third kappa shape index (κ3) is 5.44. The molecule has 10 nitrogen and oxygen atoms in total. The van der Waals surface area contributed by atoms with Crippen molar-refractivity contribution in [1.29, 1.82) is 0 Å². The third-order valence-electron chi connectivity index (χ3n) is 8.92. The molecule has 3 aromatic rings. The van der Waals surface area contributed by atoms with Crippen LogP contribution in [0.4, 0.5) is 0 Å². The van der Waals surface area contributed by atoms with Crippen LogP contribution in [-0.4, -0.2) is 75.8 Å². The molecule has 42 heavy (non-hydrogen) atoms. The van der Waals surface area contributed by atoms with Crippen molar-refractivity contribution in [1.82, 2.24) is 24.9 Å². The molecule has 0 bridgehead atoms. The van der Waals surface area contributed by atoms with Gasteiger partial charge in [-0.15, -0.1) is 0 Å². The fourth-order valence-corrected chi connectivity index (χ4v) is 6.62. The van der Waals surface area contributed by atoms with E-state index < -0.39 is 11.9 Å². The smallest absolute Gasteiger partial charge is 0.255 e. The van der Waals surface area contributed by atoms with Crippen molar-refractivity contribution in [2.45, 2.75) is 63.3 Å². The summed E-state index contributed by atoms with van der Waals surface area (Å²) in [6, 6.07) is 13.7. The highest BCUT2D eigenvalue weighted by molar-refractivity contribution is 6.05. The zero-order valence-electron chi connectivity index (χ0n) is 23.5. The molecule has 7 rings (SSSR count). The lowest BCUT2D eigenvalue weighted by atomic mass is 9.92. The number of piperidine rings is 1. The first-order chi connectivity index (χ1) is 20.5. The predicted octanol–water partition coefficient (Wildman–Crippen LogP) is 3.18. The van der Waals surface area contributed by atoms with Crippen molar-refractivity contribution in [3.8, 4) is 11.4 Å². The molecule has 0 saturated carbocycles. The van der Waals surface area contributed by atoms with Crippen molar-refractivity contribution < 1.29 is 23.9 Å². The van der Waals surface area contributed by atoms with E-state index in [1.54, 1.807) is 11.0 Å². The van der Waals surface area contributed by atoms with Crippen LogP contribution in [0.15, 0.2) is 54.9 Å². The Balaban J connectivity index is 0.931. The van der Waals surface area contributed by atoms with Gasteiger partial charge in [-0.25, -0.2) is 4.68 Å². The van der Waals surface area contributed by atoms with Gasteiger partial charge in [-0.2, -0.15) is 5.10 Å². The average Bonchev–Trinajstić information content (AvgIpc) is 3.73. The van der Waals surface area contributed by atoms with E-state index in [1.807, 2.05) is 23.0 Å². The van der Waals surface area contributed by atoms with Gasteiger partial charge in [0, 0.05) is 63.1 Å². The molecular formula is C32H35N5O5. The normalized spacial score (nSPS) is 23.3. The van der Waals surface area contributed by atoms with E-state index >= 15 is 0 Å². The van der Waals surface area contributed by atoms with Gasteiger partial charge < -0.3 is 14.4 Å². The van der Waals surface area contributed by atoms with Crippen LogP contribution in [0.3, 0.4) is 0 Å². The van der Waals surface area contributed by atoms with Gasteiger partial charge in [0.1, 0.15) is 17.9 Å². The van der Waals surface area contributed by atoms with Crippen molar-refractivity contribution in [2.75, 3.05) is 26.3 Å². The van der Waals surface area contributed by atoms with E-state index in [1.165, 1.54) is 5.56 Å². The maximum Gasteiger partial charge on any atom is 0.255 e. The van der Waals surface area contributed by atoms with E-state index in [9.17, 15) is 14.4 Å². The van der Waals surface area contributed by atoms with E-state index in [-0.39, 0.29) is 24.3 Å². The lowest BCUT2D eigenvalue weighted by molar-refractivity contribution is -0.136. The molecule has 5 heterocycles. The first kappa shape index (κ1) is 26.9. The molecule has 4 aliphatic heterocycles. The second-order valence-corrected chi connectivity index (χ2v) is 11.8. The largest absolute Gasteiger partial charge is 0.489 e. The van der Waals surface area contributed by atoms with Crippen LogP contribution in [0, 0.1) is 0 Å². The molecule has 0 aliphatic carbocycles. The summed E-state index contributed by atoms with van der Waals surface area (Å²) in [4.78, 5) is 40.8. The minimum absolute atomic E-state index is 0.0548. The molecule has 3 saturated heterocycles. The minimum Gasteiger partial charge on any atom is -0.489 e. The number of carbonyl (C=O) groups is 3. The second-order valence-electron chi connectivity index (χ2n) is 11.8. The van der Waals surface area contributed by atoms with Crippen LogP contribution < -0.4 is 10.1 Å². The Morgan fingerprint density at radius 3 is 2.64 bits per heavy atom. The molecule has 3 fully saturated rings.